The lowest BCUT2D eigenvalue weighted by atomic mass is 9.94. The van der Waals surface area contributed by atoms with Gasteiger partial charge in [0.1, 0.15) is 0 Å². The van der Waals surface area contributed by atoms with Gasteiger partial charge in [-0.1, -0.05) is 0 Å². The van der Waals surface area contributed by atoms with Crippen molar-refractivity contribution in [2.24, 2.45) is 17.6 Å². The summed E-state index contributed by atoms with van der Waals surface area (Å²) in [5.41, 5.74) is 5.48. The predicted octanol–water partition coefficient (Wildman–Crippen LogP) is -0.0866. The lowest BCUT2D eigenvalue weighted by Gasteiger charge is -2.42. The Morgan fingerprint density at radius 1 is 1.25 bits per heavy atom. The van der Waals surface area contributed by atoms with Gasteiger partial charge in [-0.25, -0.2) is 0 Å². The van der Waals surface area contributed by atoms with Gasteiger partial charge in [0.25, 0.3) is 0 Å². The summed E-state index contributed by atoms with van der Waals surface area (Å²) in [6, 6.07) is 0. The van der Waals surface area contributed by atoms with E-state index in [9.17, 15) is 0 Å². The maximum Gasteiger partial charge on any atom is 0.0528 e. The molecule has 0 saturated carbocycles. The molecule has 2 rings (SSSR count). The minimum Gasteiger partial charge on any atom is -0.381 e. The van der Waals surface area contributed by atoms with E-state index in [0.29, 0.717) is 0 Å². The smallest absolute Gasteiger partial charge is 0.0528 e. The largest absolute Gasteiger partial charge is 0.381 e. The summed E-state index contributed by atoms with van der Waals surface area (Å²) in [7, 11) is 0. The first kappa shape index (κ1) is 8.48. The van der Waals surface area contributed by atoms with Crippen LogP contribution in [-0.2, 0) is 4.74 Å². The van der Waals surface area contributed by atoms with Crippen LogP contribution in [0.2, 0.25) is 0 Å². The van der Waals surface area contributed by atoms with Gasteiger partial charge < -0.3 is 15.4 Å². The molecule has 3 heteroatoms. The van der Waals surface area contributed by atoms with Gasteiger partial charge in [0.05, 0.1) is 13.2 Å². The number of nitrogens with zero attached hydrogens (tertiary/aromatic N) is 1. The molecule has 12 heavy (non-hydrogen) atoms. The Hall–Kier alpha value is -0.120. The number of nitrogens with two attached hydrogens (primary N) is 1. The van der Waals surface area contributed by atoms with Crippen molar-refractivity contribution in [2.75, 3.05) is 39.4 Å². The SMILES string of the molecule is NCCC1CN(CC2COC2)C1. The number of hydrogen-bond acceptors (Lipinski definition) is 3. The summed E-state index contributed by atoms with van der Waals surface area (Å²) in [4.78, 5) is 2.52. The summed E-state index contributed by atoms with van der Waals surface area (Å²) >= 11 is 0. The first-order valence-electron chi connectivity index (χ1n) is 4.88. The number of ether oxygens (including phenoxy) is 1. The van der Waals surface area contributed by atoms with Gasteiger partial charge >= 0.3 is 0 Å². The third-order valence-electron chi connectivity index (χ3n) is 2.83. The van der Waals surface area contributed by atoms with Crippen LogP contribution >= 0.6 is 0 Å². The van der Waals surface area contributed by atoms with E-state index >= 15 is 0 Å². The fourth-order valence-corrected chi connectivity index (χ4v) is 2.00. The quantitative estimate of drug-likeness (QED) is 0.641. The van der Waals surface area contributed by atoms with Crippen LogP contribution in [0.15, 0.2) is 0 Å². The van der Waals surface area contributed by atoms with Crippen molar-refractivity contribution in [3.05, 3.63) is 0 Å². The molecule has 2 aliphatic rings. The van der Waals surface area contributed by atoms with Crippen molar-refractivity contribution in [1.82, 2.24) is 4.90 Å². The molecule has 2 heterocycles. The second kappa shape index (κ2) is 3.73. The Bertz CT molecular complexity index is 141. The van der Waals surface area contributed by atoms with Crippen LogP contribution in [0.4, 0.5) is 0 Å². The van der Waals surface area contributed by atoms with Crippen molar-refractivity contribution in [2.45, 2.75) is 6.42 Å². The molecule has 0 radical (unpaired) electrons. The number of likely N-dealkylation sites (tertiary alicyclic amines) is 1. The zero-order valence-corrected chi connectivity index (χ0v) is 7.54. The topological polar surface area (TPSA) is 38.5 Å². The van der Waals surface area contributed by atoms with Gasteiger partial charge in [-0.05, 0) is 18.9 Å². The molecule has 2 saturated heterocycles. The highest BCUT2D eigenvalue weighted by atomic mass is 16.5. The minimum atomic E-state index is 0.823. The van der Waals surface area contributed by atoms with Gasteiger partial charge in [-0.2, -0.15) is 0 Å². The van der Waals surface area contributed by atoms with E-state index < -0.39 is 0 Å². The molecular formula is C9H18N2O. The Balaban J connectivity index is 1.55. The van der Waals surface area contributed by atoms with Gasteiger partial charge in [-0.3, -0.25) is 0 Å². The summed E-state index contributed by atoms with van der Waals surface area (Å²) < 4.78 is 5.13. The predicted molar refractivity (Wildman–Crippen MR) is 47.9 cm³/mol. The number of hydrogen-bond donors (Lipinski definition) is 1. The van der Waals surface area contributed by atoms with Crippen LogP contribution in [0.1, 0.15) is 6.42 Å². The van der Waals surface area contributed by atoms with E-state index in [1.807, 2.05) is 0 Å². The summed E-state index contributed by atoms with van der Waals surface area (Å²) in [5, 5.41) is 0. The zero-order chi connectivity index (χ0) is 8.39. The van der Waals surface area contributed by atoms with Crippen molar-refractivity contribution in [1.29, 1.82) is 0 Å². The van der Waals surface area contributed by atoms with E-state index in [-0.39, 0.29) is 0 Å². The standard InChI is InChI=1S/C9H18N2O/c10-2-1-8-3-11(4-8)5-9-6-12-7-9/h8-9H,1-7,10H2. The Morgan fingerprint density at radius 3 is 2.50 bits per heavy atom. The maximum atomic E-state index is 5.48. The summed E-state index contributed by atoms with van der Waals surface area (Å²) in [5.74, 6) is 1.71. The monoisotopic (exact) mass is 170 g/mol. The fraction of sp³-hybridized carbons (Fsp3) is 1.00. The van der Waals surface area contributed by atoms with Crippen LogP contribution in [0, 0.1) is 11.8 Å². The zero-order valence-electron chi connectivity index (χ0n) is 7.54. The molecule has 2 fully saturated rings. The van der Waals surface area contributed by atoms with E-state index in [4.69, 9.17) is 10.5 Å². The Morgan fingerprint density at radius 2 is 2.00 bits per heavy atom. The van der Waals surface area contributed by atoms with E-state index in [1.54, 1.807) is 0 Å². The van der Waals surface area contributed by atoms with Gasteiger partial charge in [-0.15, -0.1) is 0 Å². The molecule has 0 aromatic heterocycles. The van der Waals surface area contributed by atoms with E-state index in [2.05, 4.69) is 4.90 Å². The second-order valence-electron chi connectivity index (χ2n) is 4.07. The third kappa shape index (κ3) is 1.79. The summed E-state index contributed by atoms with van der Waals surface area (Å²) in [6.45, 7) is 6.61. The van der Waals surface area contributed by atoms with Gasteiger partial charge in [0, 0.05) is 25.6 Å². The van der Waals surface area contributed by atoms with Crippen LogP contribution in [-0.4, -0.2) is 44.3 Å². The molecule has 70 valence electrons. The Kier molecular flexibility index (Phi) is 2.63. The summed E-state index contributed by atoms with van der Waals surface area (Å²) in [6.07, 6.45) is 1.21. The molecule has 0 atom stereocenters. The van der Waals surface area contributed by atoms with Crippen LogP contribution in [0.3, 0.4) is 0 Å². The Labute approximate surface area is 73.9 Å². The van der Waals surface area contributed by atoms with Crippen LogP contribution in [0.5, 0.6) is 0 Å². The molecule has 0 unspecified atom stereocenters. The van der Waals surface area contributed by atoms with Crippen molar-refractivity contribution in [3.63, 3.8) is 0 Å². The molecule has 0 spiro atoms. The first-order chi connectivity index (χ1) is 5.88. The first-order valence-corrected chi connectivity index (χ1v) is 4.88. The van der Waals surface area contributed by atoms with E-state index in [0.717, 1.165) is 31.6 Å². The molecule has 2 N–H and O–H groups in total. The molecule has 2 aliphatic heterocycles. The lowest BCUT2D eigenvalue weighted by Crippen LogP contribution is -2.51. The second-order valence-corrected chi connectivity index (χ2v) is 4.07. The highest BCUT2D eigenvalue weighted by molar-refractivity contribution is 4.82. The molecule has 3 nitrogen and oxygen atoms in total. The molecule has 0 bridgehead atoms. The van der Waals surface area contributed by atoms with Gasteiger partial charge in [0.2, 0.25) is 0 Å². The van der Waals surface area contributed by atoms with Crippen molar-refractivity contribution < 1.29 is 4.74 Å². The van der Waals surface area contributed by atoms with Crippen LogP contribution in [0.25, 0.3) is 0 Å². The van der Waals surface area contributed by atoms with Gasteiger partial charge in [0.15, 0.2) is 0 Å². The molecule has 0 aliphatic carbocycles. The highest BCUT2D eigenvalue weighted by Gasteiger charge is 2.29. The van der Waals surface area contributed by atoms with Crippen LogP contribution < -0.4 is 5.73 Å². The van der Waals surface area contributed by atoms with Crippen molar-refractivity contribution >= 4 is 0 Å². The molecule has 0 aromatic carbocycles. The third-order valence-corrected chi connectivity index (χ3v) is 2.83. The number of rotatable bonds is 4. The maximum absolute atomic E-state index is 5.48. The molecule has 0 amide bonds. The molecular weight excluding hydrogens is 152 g/mol. The lowest BCUT2D eigenvalue weighted by molar-refractivity contribution is -0.0618. The van der Waals surface area contributed by atoms with Crippen molar-refractivity contribution in [3.8, 4) is 0 Å². The fourth-order valence-electron chi connectivity index (χ4n) is 2.00. The molecule has 0 aromatic rings. The normalized spacial score (nSPS) is 26.8. The average molecular weight is 170 g/mol. The minimum absolute atomic E-state index is 0.823. The van der Waals surface area contributed by atoms with E-state index in [1.165, 1.54) is 26.1 Å². The highest BCUT2D eigenvalue weighted by Crippen LogP contribution is 2.21. The average Bonchev–Trinajstić information content (AvgIpc) is 1.89.